The summed E-state index contributed by atoms with van der Waals surface area (Å²) in [7, 11) is -0.781. The van der Waals surface area contributed by atoms with Crippen molar-refractivity contribution in [3.63, 3.8) is 0 Å². The zero-order chi connectivity index (χ0) is 27.1. The molecule has 7 nitrogen and oxygen atoms in total. The largest absolute Gasteiger partial charge is 0.492 e. The molecule has 196 valence electrons. The number of carbonyl (C=O) groups excluding carboxylic acids is 1. The Morgan fingerprint density at radius 2 is 1.66 bits per heavy atom. The topological polar surface area (TPSA) is 95.7 Å². The van der Waals surface area contributed by atoms with Crippen LogP contribution >= 0.6 is 0 Å². The summed E-state index contributed by atoms with van der Waals surface area (Å²) < 4.78 is 31.9. The number of pyridine rings is 1. The van der Waals surface area contributed by atoms with Crippen molar-refractivity contribution in [2.45, 2.75) is 44.8 Å². The normalized spacial score (nSPS) is 17.7. The van der Waals surface area contributed by atoms with E-state index >= 15 is 0 Å². The number of alkyl carbamates (subject to hydrolysis) is 1. The first-order valence-electron chi connectivity index (χ1n) is 12.6. The Kier molecular flexibility index (Phi) is 6.75. The summed E-state index contributed by atoms with van der Waals surface area (Å²) in [5.41, 5.74) is 10.3. The number of ether oxygens (including phenoxy) is 1. The lowest BCUT2D eigenvalue weighted by atomic mass is 9.77. The van der Waals surface area contributed by atoms with E-state index < -0.39 is 30.2 Å². The van der Waals surface area contributed by atoms with Crippen LogP contribution < -0.4 is 11.1 Å². The molecule has 1 amide bonds. The average Bonchev–Trinajstić information content (AvgIpc) is 3.31. The summed E-state index contributed by atoms with van der Waals surface area (Å²) in [5.74, 6) is -0.422. The number of anilines is 1. The number of carbonyl (C=O) groups is 1. The summed E-state index contributed by atoms with van der Waals surface area (Å²) >= 11 is 0. The highest BCUT2D eigenvalue weighted by Crippen LogP contribution is 2.44. The van der Waals surface area contributed by atoms with Crippen LogP contribution in [0.5, 0.6) is 0 Å². The molecule has 0 saturated carbocycles. The van der Waals surface area contributed by atoms with E-state index in [0.29, 0.717) is 11.0 Å². The molecule has 9 heteroatoms. The van der Waals surface area contributed by atoms with Crippen molar-refractivity contribution >= 4 is 25.1 Å². The van der Waals surface area contributed by atoms with Crippen molar-refractivity contribution < 1.29 is 23.2 Å². The number of fused-ring (bicyclic) bond motifs is 3. The Morgan fingerprint density at radius 1 is 1.08 bits per heavy atom. The molecular weight excluding hydrogens is 484 g/mol. The van der Waals surface area contributed by atoms with E-state index in [4.69, 9.17) is 19.8 Å². The minimum Gasteiger partial charge on any atom is -0.449 e. The SMILES string of the molecule is CC1(C)OB(C(=Cc2cc(F)cnc2N)CNC(=O)OCC2c3ccccc3-c3ccccc32)OC1(C)C. The van der Waals surface area contributed by atoms with Gasteiger partial charge in [0.1, 0.15) is 18.2 Å². The number of amides is 1. The smallest absolute Gasteiger partial charge is 0.449 e. The van der Waals surface area contributed by atoms with Gasteiger partial charge in [-0.25, -0.2) is 14.2 Å². The predicted molar refractivity (Wildman–Crippen MR) is 146 cm³/mol. The van der Waals surface area contributed by atoms with Crippen molar-refractivity contribution in [2.75, 3.05) is 18.9 Å². The molecule has 0 atom stereocenters. The third kappa shape index (κ3) is 4.91. The van der Waals surface area contributed by atoms with Crippen molar-refractivity contribution in [3.05, 3.63) is 88.8 Å². The van der Waals surface area contributed by atoms with Crippen molar-refractivity contribution in [1.82, 2.24) is 10.3 Å². The first-order valence-corrected chi connectivity index (χ1v) is 12.6. The minimum atomic E-state index is -0.781. The van der Waals surface area contributed by atoms with Crippen LogP contribution in [0, 0.1) is 5.82 Å². The summed E-state index contributed by atoms with van der Waals surface area (Å²) in [6.45, 7) is 7.96. The predicted octanol–water partition coefficient (Wildman–Crippen LogP) is 5.36. The number of benzene rings is 2. The lowest BCUT2D eigenvalue weighted by Crippen LogP contribution is -2.41. The van der Waals surface area contributed by atoms with Gasteiger partial charge in [0, 0.05) is 18.0 Å². The molecule has 0 radical (unpaired) electrons. The van der Waals surface area contributed by atoms with Crippen LogP contribution in [-0.4, -0.2) is 42.5 Å². The molecule has 1 aliphatic heterocycles. The number of aromatic nitrogens is 1. The second-order valence-corrected chi connectivity index (χ2v) is 10.6. The van der Waals surface area contributed by atoms with E-state index in [9.17, 15) is 9.18 Å². The van der Waals surface area contributed by atoms with Crippen LogP contribution in [0.25, 0.3) is 17.2 Å². The van der Waals surface area contributed by atoms with E-state index in [2.05, 4.69) is 34.6 Å². The first-order chi connectivity index (χ1) is 18.1. The van der Waals surface area contributed by atoms with Gasteiger partial charge in [-0.15, -0.1) is 0 Å². The summed E-state index contributed by atoms with van der Waals surface area (Å²) in [5, 5.41) is 2.80. The van der Waals surface area contributed by atoms with Crippen molar-refractivity contribution in [3.8, 4) is 11.1 Å². The van der Waals surface area contributed by atoms with Crippen molar-refractivity contribution in [2.24, 2.45) is 0 Å². The number of hydrogen-bond acceptors (Lipinski definition) is 6. The molecular formula is C29H31BFN3O4. The Hall–Kier alpha value is -3.69. The third-order valence-electron chi connectivity index (χ3n) is 7.59. The molecule has 1 fully saturated rings. The highest BCUT2D eigenvalue weighted by atomic mass is 19.1. The fourth-order valence-electron chi connectivity index (χ4n) is 4.80. The third-order valence-corrected chi connectivity index (χ3v) is 7.59. The van der Waals surface area contributed by atoms with Gasteiger partial charge < -0.3 is 25.1 Å². The quantitative estimate of drug-likeness (QED) is 0.430. The maximum Gasteiger partial charge on any atom is 0.492 e. The van der Waals surface area contributed by atoms with Gasteiger partial charge in [0.15, 0.2) is 0 Å². The molecule has 2 aliphatic rings. The maximum absolute atomic E-state index is 13.9. The Bertz CT molecular complexity index is 1350. The number of rotatable bonds is 6. The van der Waals surface area contributed by atoms with Crippen molar-refractivity contribution in [1.29, 1.82) is 0 Å². The molecule has 3 N–H and O–H groups in total. The molecule has 2 heterocycles. The van der Waals surface area contributed by atoms with Crippen LogP contribution in [0.4, 0.5) is 15.0 Å². The molecule has 1 saturated heterocycles. The number of nitrogen functional groups attached to an aromatic ring is 1. The van der Waals surface area contributed by atoms with Gasteiger partial charge in [-0.05, 0) is 61.5 Å². The summed E-state index contributed by atoms with van der Waals surface area (Å²) in [4.78, 5) is 16.7. The number of nitrogens with two attached hydrogens (primary N) is 1. The van der Waals surface area contributed by atoms with E-state index in [1.165, 1.54) is 6.07 Å². The van der Waals surface area contributed by atoms with E-state index in [-0.39, 0.29) is 24.9 Å². The molecule has 0 spiro atoms. The second kappa shape index (κ2) is 9.89. The molecule has 1 aliphatic carbocycles. The second-order valence-electron chi connectivity index (χ2n) is 10.6. The molecule has 1 aromatic heterocycles. The maximum atomic E-state index is 13.9. The number of nitrogens with one attached hydrogen (secondary N) is 1. The van der Waals surface area contributed by atoms with Gasteiger partial charge in [-0.1, -0.05) is 54.6 Å². The van der Waals surface area contributed by atoms with Gasteiger partial charge in [0.2, 0.25) is 0 Å². The van der Waals surface area contributed by atoms with Crippen LogP contribution in [0.3, 0.4) is 0 Å². The molecule has 5 rings (SSSR count). The molecule has 38 heavy (non-hydrogen) atoms. The van der Waals surface area contributed by atoms with Gasteiger partial charge in [-0.2, -0.15) is 0 Å². The van der Waals surface area contributed by atoms with Gasteiger partial charge in [0.25, 0.3) is 0 Å². The van der Waals surface area contributed by atoms with E-state index in [0.717, 1.165) is 28.5 Å². The number of hydrogen-bond donors (Lipinski definition) is 2. The zero-order valence-electron chi connectivity index (χ0n) is 22.0. The molecule has 2 aromatic carbocycles. The molecule has 0 unspecified atom stereocenters. The summed E-state index contributed by atoms with van der Waals surface area (Å²) in [6, 6.07) is 17.6. The van der Waals surface area contributed by atoms with Gasteiger partial charge >= 0.3 is 13.2 Å². The van der Waals surface area contributed by atoms with E-state index in [1.807, 2.05) is 52.0 Å². The van der Waals surface area contributed by atoms with Crippen LogP contribution in [0.2, 0.25) is 0 Å². The number of halogens is 1. The molecule has 0 bridgehead atoms. The van der Waals surface area contributed by atoms with Gasteiger partial charge in [0.05, 0.1) is 17.4 Å². The monoisotopic (exact) mass is 515 g/mol. The zero-order valence-corrected chi connectivity index (χ0v) is 22.0. The average molecular weight is 515 g/mol. The Balaban J connectivity index is 1.31. The fraction of sp³-hybridized carbons (Fsp3) is 0.310. The van der Waals surface area contributed by atoms with E-state index in [1.54, 1.807) is 6.08 Å². The van der Waals surface area contributed by atoms with Crippen LogP contribution in [0.1, 0.15) is 50.3 Å². The van der Waals surface area contributed by atoms with Crippen LogP contribution in [0.15, 0.2) is 66.3 Å². The highest BCUT2D eigenvalue weighted by molar-refractivity contribution is 6.56. The first kappa shape index (κ1) is 25.9. The lowest BCUT2D eigenvalue weighted by molar-refractivity contribution is 0.00578. The fourth-order valence-corrected chi connectivity index (χ4v) is 4.80. The molecule has 3 aromatic rings. The van der Waals surface area contributed by atoms with Crippen LogP contribution in [-0.2, 0) is 14.0 Å². The Labute approximate surface area is 222 Å². The Morgan fingerprint density at radius 3 is 2.26 bits per heavy atom. The lowest BCUT2D eigenvalue weighted by Gasteiger charge is -2.32. The van der Waals surface area contributed by atoms with Gasteiger partial charge in [-0.3, -0.25) is 0 Å². The summed E-state index contributed by atoms with van der Waals surface area (Å²) in [6.07, 6.45) is 2.10. The number of nitrogens with zero attached hydrogens (tertiary/aromatic N) is 1. The minimum absolute atomic E-state index is 0.0451. The standard InChI is InChI=1S/C29H31BFN3O4/c1-28(2)29(3,4)38-30(37-28)19(13-18-14-20(31)16-33-26(18)32)15-34-27(35)36-17-25-23-11-7-5-9-21(23)22-10-6-8-12-24(22)25/h5-14,16,25H,15,17H2,1-4H3,(H2,32,33)(H,34,35). The highest BCUT2D eigenvalue weighted by Gasteiger charge is 2.52.